The van der Waals surface area contributed by atoms with E-state index in [0.717, 1.165) is 5.56 Å². The van der Waals surface area contributed by atoms with Gasteiger partial charge >= 0.3 is 0 Å². The molecule has 1 aliphatic rings. The van der Waals surface area contributed by atoms with Gasteiger partial charge in [-0.2, -0.15) is 0 Å². The zero-order valence-electron chi connectivity index (χ0n) is 9.91. The summed E-state index contributed by atoms with van der Waals surface area (Å²) in [5, 5.41) is 13.5. The van der Waals surface area contributed by atoms with Crippen molar-refractivity contribution < 1.29 is 9.90 Å². The average Bonchev–Trinajstić information content (AvgIpc) is 2.88. The van der Waals surface area contributed by atoms with Crippen LogP contribution < -0.4 is 5.32 Å². The number of hydrogen-bond acceptors (Lipinski definition) is 3. The molecule has 2 aromatic rings. The number of halogens is 3. The first-order chi connectivity index (χ1) is 9.45. The maximum atomic E-state index is 11.4. The molecule has 1 unspecified atom stereocenters. The smallest absolute Gasteiger partial charge is 0.228 e. The van der Waals surface area contributed by atoms with Crippen molar-refractivity contribution in [1.82, 2.24) is 0 Å². The van der Waals surface area contributed by atoms with Crippen LogP contribution in [0.4, 0.5) is 5.69 Å². The molecular formula is C13H8Cl3NO2S. The van der Waals surface area contributed by atoms with E-state index in [1.165, 1.54) is 11.3 Å². The molecule has 3 nitrogen and oxygen atoms in total. The highest BCUT2D eigenvalue weighted by Gasteiger charge is 2.24. The number of amides is 1. The van der Waals surface area contributed by atoms with Crippen molar-refractivity contribution in [2.45, 2.75) is 12.5 Å². The van der Waals surface area contributed by atoms with Crippen LogP contribution in [0.2, 0.25) is 13.7 Å². The molecule has 1 aromatic heterocycles. The van der Waals surface area contributed by atoms with E-state index < -0.39 is 6.10 Å². The predicted molar refractivity (Wildman–Crippen MR) is 82.2 cm³/mol. The summed E-state index contributed by atoms with van der Waals surface area (Å²) in [6, 6.07) is 4.98. The Morgan fingerprint density at radius 3 is 2.60 bits per heavy atom. The van der Waals surface area contributed by atoms with Gasteiger partial charge in [-0.3, -0.25) is 4.79 Å². The highest BCUT2D eigenvalue weighted by Crippen LogP contribution is 2.41. The number of benzene rings is 1. The number of hydrogen-bond donors (Lipinski definition) is 2. The number of aliphatic hydroxyl groups is 1. The van der Waals surface area contributed by atoms with Crippen molar-refractivity contribution in [1.29, 1.82) is 0 Å². The second-order valence-electron chi connectivity index (χ2n) is 4.44. The van der Waals surface area contributed by atoms with Gasteiger partial charge in [0.25, 0.3) is 0 Å². The number of fused-ring (bicyclic) bond motifs is 1. The molecule has 1 aliphatic heterocycles. The Hall–Kier alpha value is -0.780. The summed E-state index contributed by atoms with van der Waals surface area (Å²) in [7, 11) is 0. The minimum absolute atomic E-state index is 0.0840. The minimum atomic E-state index is -0.972. The molecule has 0 spiro atoms. The van der Waals surface area contributed by atoms with Gasteiger partial charge in [-0.05, 0) is 23.8 Å². The molecule has 20 heavy (non-hydrogen) atoms. The number of nitrogens with one attached hydrogen (secondary N) is 1. The third-order valence-electron chi connectivity index (χ3n) is 3.12. The fraction of sp³-hybridized carbons (Fsp3) is 0.154. The fourth-order valence-corrected chi connectivity index (χ4v) is 3.97. The summed E-state index contributed by atoms with van der Waals surface area (Å²) in [5.74, 6) is -0.0840. The van der Waals surface area contributed by atoms with Crippen LogP contribution in [0.3, 0.4) is 0 Å². The van der Waals surface area contributed by atoms with Gasteiger partial charge in [0.2, 0.25) is 5.91 Å². The minimum Gasteiger partial charge on any atom is -0.384 e. The molecule has 2 heterocycles. The third kappa shape index (κ3) is 2.43. The Kier molecular flexibility index (Phi) is 3.69. The van der Waals surface area contributed by atoms with Crippen LogP contribution in [0.15, 0.2) is 18.2 Å². The van der Waals surface area contributed by atoms with Crippen LogP contribution in [0.1, 0.15) is 22.8 Å². The van der Waals surface area contributed by atoms with Gasteiger partial charge in [-0.25, -0.2) is 0 Å². The molecule has 104 valence electrons. The van der Waals surface area contributed by atoms with Gasteiger partial charge in [0, 0.05) is 21.8 Å². The number of rotatable bonds is 2. The lowest BCUT2D eigenvalue weighted by molar-refractivity contribution is -0.115. The van der Waals surface area contributed by atoms with E-state index in [2.05, 4.69) is 5.32 Å². The van der Waals surface area contributed by atoms with E-state index in [1.807, 2.05) is 0 Å². The van der Waals surface area contributed by atoms with Crippen LogP contribution in [0, 0.1) is 0 Å². The second-order valence-corrected chi connectivity index (χ2v) is 7.13. The highest BCUT2D eigenvalue weighted by atomic mass is 35.5. The zero-order chi connectivity index (χ0) is 14.4. The molecule has 1 atom stereocenters. The van der Waals surface area contributed by atoms with Gasteiger partial charge in [0.15, 0.2) is 0 Å². The topological polar surface area (TPSA) is 49.3 Å². The Labute approximate surface area is 134 Å². The molecule has 3 rings (SSSR count). The zero-order valence-corrected chi connectivity index (χ0v) is 13.0. The summed E-state index contributed by atoms with van der Waals surface area (Å²) in [6.45, 7) is 0. The van der Waals surface area contributed by atoms with Crippen LogP contribution in [0.25, 0.3) is 0 Å². The van der Waals surface area contributed by atoms with Crippen molar-refractivity contribution in [3.63, 3.8) is 0 Å². The maximum absolute atomic E-state index is 11.4. The van der Waals surface area contributed by atoms with E-state index in [-0.39, 0.29) is 12.3 Å². The van der Waals surface area contributed by atoms with E-state index in [0.29, 0.717) is 30.5 Å². The van der Waals surface area contributed by atoms with E-state index >= 15 is 0 Å². The first-order valence-corrected chi connectivity index (χ1v) is 7.65. The molecule has 0 bridgehead atoms. The molecule has 1 aromatic carbocycles. The molecule has 1 amide bonds. The molecule has 0 saturated heterocycles. The Balaban J connectivity index is 2.04. The first-order valence-electron chi connectivity index (χ1n) is 5.70. The Morgan fingerprint density at radius 1 is 1.20 bits per heavy atom. The fourth-order valence-electron chi connectivity index (χ4n) is 2.18. The number of carbonyl (C=O) groups excluding carboxylic acids is 1. The number of aliphatic hydroxyl groups excluding tert-OH is 1. The highest BCUT2D eigenvalue weighted by molar-refractivity contribution is 7.20. The summed E-state index contributed by atoms with van der Waals surface area (Å²) in [4.78, 5) is 11.4. The monoisotopic (exact) mass is 347 g/mol. The maximum Gasteiger partial charge on any atom is 0.228 e. The quantitative estimate of drug-likeness (QED) is 0.851. The van der Waals surface area contributed by atoms with Gasteiger partial charge in [-0.15, -0.1) is 11.3 Å². The lowest BCUT2D eigenvalue weighted by Crippen LogP contribution is -2.03. The van der Waals surface area contributed by atoms with E-state index in [4.69, 9.17) is 34.8 Å². The van der Waals surface area contributed by atoms with Crippen molar-refractivity contribution >= 4 is 57.7 Å². The number of carbonyl (C=O) groups is 1. The van der Waals surface area contributed by atoms with Gasteiger partial charge < -0.3 is 10.4 Å². The lowest BCUT2D eigenvalue weighted by Gasteiger charge is -2.14. The van der Waals surface area contributed by atoms with Crippen molar-refractivity contribution in [3.8, 4) is 0 Å². The average molecular weight is 349 g/mol. The first kappa shape index (κ1) is 14.2. The summed E-state index contributed by atoms with van der Waals surface area (Å²) in [6.07, 6.45) is -0.690. The normalized spacial score (nSPS) is 15.1. The molecular weight excluding hydrogens is 341 g/mol. The largest absolute Gasteiger partial charge is 0.384 e. The number of thiophene rings is 1. The van der Waals surface area contributed by atoms with E-state index in [9.17, 15) is 9.90 Å². The third-order valence-corrected chi connectivity index (χ3v) is 4.97. The predicted octanol–water partition coefficient (Wildman–Crippen LogP) is 4.28. The standard InChI is InChI=1S/C13H8Cl3NO2S/c14-8-4-9-5(2-11(18)17-9)1-6(8)12(19)7-3-10(15)20-13(7)16/h1,3-4,12,19H,2H2,(H,17,18). The van der Waals surface area contributed by atoms with Crippen LogP contribution in [-0.2, 0) is 11.2 Å². The molecule has 0 fully saturated rings. The van der Waals surface area contributed by atoms with Crippen molar-refractivity contribution in [2.24, 2.45) is 0 Å². The SMILES string of the molecule is O=C1Cc2cc(C(O)c3cc(Cl)sc3Cl)c(Cl)cc2N1. The molecule has 0 saturated carbocycles. The van der Waals surface area contributed by atoms with Crippen LogP contribution in [0.5, 0.6) is 0 Å². The summed E-state index contributed by atoms with van der Waals surface area (Å²) >= 11 is 19.3. The Bertz CT molecular complexity index is 714. The lowest BCUT2D eigenvalue weighted by atomic mass is 10.0. The van der Waals surface area contributed by atoms with Gasteiger partial charge in [0.1, 0.15) is 10.4 Å². The Morgan fingerprint density at radius 2 is 1.95 bits per heavy atom. The van der Waals surface area contributed by atoms with Crippen molar-refractivity contribution in [2.75, 3.05) is 5.32 Å². The van der Waals surface area contributed by atoms with Crippen molar-refractivity contribution in [3.05, 3.63) is 48.6 Å². The molecule has 0 aliphatic carbocycles. The van der Waals surface area contributed by atoms with Crippen LogP contribution in [-0.4, -0.2) is 11.0 Å². The number of anilines is 1. The van der Waals surface area contributed by atoms with Gasteiger partial charge in [0.05, 0.1) is 10.8 Å². The molecule has 2 N–H and O–H groups in total. The van der Waals surface area contributed by atoms with E-state index in [1.54, 1.807) is 18.2 Å². The molecule has 0 radical (unpaired) electrons. The van der Waals surface area contributed by atoms with Gasteiger partial charge in [-0.1, -0.05) is 34.8 Å². The van der Waals surface area contributed by atoms with Crippen LogP contribution >= 0.6 is 46.1 Å². The summed E-state index contributed by atoms with van der Waals surface area (Å²) < 4.78 is 0.923. The second kappa shape index (κ2) is 5.20. The summed E-state index contributed by atoms with van der Waals surface area (Å²) in [5.41, 5.74) is 2.52. The molecule has 7 heteroatoms.